The Labute approximate surface area is 189 Å². The lowest BCUT2D eigenvalue weighted by molar-refractivity contribution is -0.150. The molecule has 0 spiro atoms. The SMILES string of the molecule is C=C1[C@@H](OCc2ccccc2)[C@H](OCc2ccccc2)[C@@H](OCc2ccccc2)[C@@H]2O[C@H]12. The van der Waals surface area contributed by atoms with Gasteiger partial charge in [-0.2, -0.15) is 0 Å². The van der Waals surface area contributed by atoms with E-state index >= 15 is 0 Å². The molecular weight excluding hydrogens is 400 g/mol. The Kier molecular flexibility index (Phi) is 6.46. The van der Waals surface area contributed by atoms with Crippen LogP contribution in [0.3, 0.4) is 0 Å². The number of hydrogen-bond acceptors (Lipinski definition) is 4. The van der Waals surface area contributed by atoms with Crippen LogP contribution < -0.4 is 0 Å². The average Bonchev–Trinajstić information content (AvgIpc) is 3.65. The Morgan fingerprint density at radius 2 is 1.03 bits per heavy atom. The number of ether oxygens (including phenoxy) is 4. The van der Waals surface area contributed by atoms with Crippen molar-refractivity contribution in [3.8, 4) is 0 Å². The van der Waals surface area contributed by atoms with Gasteiger partial charge in [-0.1, -0.05) is 97.6 Å². The van der Waals surface area contributed by atoms with Crippen molar-refractivity contribution < 1.29 is 18.9 Å². The molecule has 5 rings (SSSR count). The van der Waals surface area contributed by atoms with E-state index in [2.05, 4.69) is 43.0 Å². The van der Waals surface area contributed by atoms with Gasteiger partial charge < -0.3 is 18.9 Å². The maximum absolute atomic E-state index is 6.45. The smallest absolute Gasteiger partial charge is 0.117 e. The van der Waals surface area contributed by atoms with Gasteiger partial charge in [0, 0.05) is 0 Å². The number of hydrogen-bond donors (Lipinski definition) is 0. The summed E-state index contributed by atoms with van der Waals surface area (Å²) in [5.74, 6) is 0. The fourth-order valence-electron chi connectivity index (χ4n) is 4.27. The molecule has 0 aromatic heterocycles. The molecule has 32 heavy (non-hydrogen) atoms. The molecule has 0 bridgehead atoms. The van der Waals surface area contributed by atoms with Gasteiger partial charge in [-0.15, -0.1) is 0 Å². The van der Waals surface area contributed by atoms with Crippen LogP contribution in [0.5, 0.6) is 0 Å². The van der Waals surface area contributed by atoms with Gasteiger partial charge in [-0.3, -0.25) is 0 Å². The minimum atomic E-state index is -0.307. The van der Waals surface area contributed by atoms with E-state index in [4.69, 9.17) is 18.9 Å². The Hall–Kier alpha value is -2.76. The third kappa shape index (κ3) is 4.84. The number of fused-ring (bicyclic) bond motifs is 1. The van der Waals surface area contributed by atoms with Crippen LogP contribution in [-0.2, 0) is 38.8 Å². The molecule has 0 N–H and O–H groups in total. The highest BCUT2D eigenvalue weighted by molar-refractivity contribution is 5.28. The summed E-state index contributed by atoms with van der Waals surface area (Å²) in [6.45, 7) is 5.77. The van der Waals surface area contributed by atoms with Crippen LogP contribution in [0.4, 0.5) is 0 Å². The molecule has 1 aliphatic carbocycles. The van der Waals surface area contributed by atoms with Crippen molar-refractivity contribution in [1.29, 1.82) is 0 Å². The molecule has 1 saturated carbocycles. The quantitative estimate of drug-likeness (QED) is 0.352. The minimum Gasteiger partial charge on any atom is -0.368 e. The summed E-state index contributed by atoms with van der Waals surface area (Å²) in [4.78, 5) is 0. The van der Waals surface area contributed by atoms with Crippen molar-refractivity contribution in [2.45, 2.75) is 50.3 Å². The molecule has 1 saturated heterocycles. The molecule has 164 valence electrons. The first-order chi connectivity index (χ1) is 15.8. The summed E-state index contributed by atoms with van der Waals surface area (Å²) in [6.07, 6.45) is -0.908. The molecule has 1 heterocycles. The second-order valence-electron chi connectivity index (χ2n) is 8.34. The van der Waals surface area contributed by atoms with Crippen molar-refractivity contribution in [2.24, 2.45) is 0 Å². The van der Waals surface area contributed by atoms with Crippen LogP contribution in [0, 0.1) is 0 Å². The van der Waals surface area contributed by atoms with Gasteiger partial charge in [-0.05, 0) is 22.3 Å². The zero-order valence-corrected chi connectivity index (χ0v) is 18.0. The molecule has 4 nitrogen and oxygen atoms in total. The first kappa shape index (κ1) is 21.1. The van der Waals surface area contributed by atoms with Crippen LogP contribution in [0.25, 0.3) is 0 Å². The van der Waals surface area contributed by atoms with Crippen molar-refractivity contribution in [3.63, 3.8) is 0 Å². The maximum Gasteiger partial charge on any atom is 0.117 e. The van der Waals surface area contributed by atoms with E-state index in [1.165, 1.54) is 0 Å². The van der Waals surface area contributed by atoms with Gasteiger partial charge >= 0.3 is 0 Å². The second-order valence-corrected chi connectivity index (χ2v) is 8.34. The normalized spacial score (nSPS) is 26.5. The van der Waals surface area contributed by atoms with Crippen LogP contribution in [0.2, 0.25) is 0 Å². The lowest BCUT2D eigenvalue weighted by Gasteiger charge is -2.36. The molecule has 2 fully saturated rings. The molecule has 4 heteroatoms. The molecule has 0 unspecified atom stereocenters. The zero-order chi connectivity index (χ0) is 21.8. The zero-order valence-electron chi connectivity index (χ0n) is 18.0. The molecule has 0 radical (unpaired) electrons. The Balaban J connectivity index is 1.34. The highest BCUT2D eigenvalue weighted by Gasteiger charge is 2.59. The summed E-state index contributed by atoms with van der Waals surface area (Å²) < 4.78 is 25.2. The van der Waals surface area contributed by atoms with E-state index in [-0.39, 0.29) is 30.5 Å². The highest BCUT2D eigenvalue weighted by Crippen LogP contribution is 2.44. The Morgan fingerprint density at radius 1 is 0.594 bits per heavy atom. The monoisotopic (exact) mass is 428 g/mol. The fraction of sp³-hybridized carbons (Fsp3) is 0.286. The van der Waals surface area contributed by atoms with Gasteiger partial charge in [0.25, 0.3) is 0 Å². The summed E-state index contributed by atoms with van der Waals surface area (Å²) in [5, 5.41) is 0. The Bertz CT molecular complexity index is 1010. The third-order valence-corrected chi connectivity index (χ3v) is 6.05. The summed E-state index contributed by atoms with van der Waals surface area (Å²) in [7, 11) is 0. The van der Waals surface area contributed by atoms with E-state index in [0.717, 1.165) is 22.3 Å². The van der Waals surface area contributed by atoms with Crippen molar-refractivity contribution in [2.75, 3.05) is 0 Å². The molecule has 1 aliphatic heterocycles. The number of rotatable bonds is 9. The largest absolute Gasteiger partial charge is 0.368 e. The van der Waals surface area contributed by atoms with E-state index in [0.29, 0.717) is 19.8 Å². The van der Waals surface area contributed by atoms with Crippen LogP contribution in [-0.4, -0.2) is 30.5 Å². The second kappa shape index (κ2) is 9.80. The molecule has 3 aromatic rings. The van der Waals surface area contributed by atoms with E-state index in [9.17, 15) is 0 Å². The topological polar surface area (TPSA) is 40.2 Å². The standard InChI is InChI=1S/C28H28O4/c1-20-24(29-17-21-11-5-2-6-12-21)26(30-18-22-13-7-3-8-14-22)27(28-25(20)32-28)31-19-23-15-9-4-10-16-23/h2-16,24-28H,1,17-19H2/t24-,25-,26+,27-,28-/m1/s1. The fourth-order valence-corrected chi connectivity index (χ4v) is 4.27. The lowest BCUT2D eigenvalue weighted by Crippen LogP contribution is -2.51. The minimum absolute atomic E-state index is 0.0341. The first-order valence-corrected chi connectivity index (χ1v) is 11.1. The lowest BCUT2D eigenvalue weighted by atomic mass is 9.87. The van der Waals surface area contributed by atoms with Gasteiger partial charge in [-0.25, -0.2) is 0 Å². The summed E-state index contributed by atoms with van der Waals surface area (Å²) in [5.41, 5.74) is 4.28. The molecule has 0 amide bonds. The first-order valence-electron chi connectivity index (χ1n) is 11.1. The van der Waals surface area contributed by atoms with Crippen LogP contribution in [0.1, 0.15) is 16.7 Å². The van der Waals surface area contributed by atoms with Crippen LogP contribution in [0.15, 0.2) is 103 Å². The number of epoxide rings is 1. The molecule has 5 atom stereocenters. The van der Waals surface area contributed by atoms with Gasteiger partial charge in [0.05, 0.1) is 19.8 Å². The predicted octanol–water partition coefficient (Wildman–Crippen LogP) is 5.08. The third-order valence-electron chi connectivity index (χ3n) is 6.05. The molecular formula is C28H28O4. The highest BCUT2D eigenvalue weighted by atomic mass is 16.6. The van der Waals surface area contributed by atoms with Gasteiger partial charge in [0.1, 0.15) is 30.5 Å². The maximum atomic E-state index is 6.45. The van der Waals surface area contributed by atoms with Crippen molar-refractivity contribution in [1.82, 2.24) is 0 Å². The molecule has 3 aromatic carbocycles. The van der Waals surface area contributed by atoms with Crippen molar-refractivity contribution >= 4 is 0 Å². The Morgan fingerprint density at radius 3 is 1.53 bits per heavy atom. The summed E-state index contributed by atoms with van der Waals surface area (Å²) >= 11 is 0. The van der Waals surface area contributed by atoms with E-state index in [1.807, 2.05) is 54.6 Å². The predicted molar refractivity (Wildman–Crippen MR) is 123 cm³/mol. The van der Waals surface area contributed by atoms with Gasteiger partial charge in [0.15, 0.2) is 0 Å². The van der Waals surface area contributed by atoms with E-state index < -0.39 is 0 Å². The van der Waals surface area contributed by atoms with E-state index in [1.54, 1.807) is 0 Å². The average molecular weight is 429 g/mol. The molecule has 2 aliphatic rings. The van der Waals surface area contributed by atoms with Gasteiger partial charge in [0.2, 0.25) is 0 Å². The van der Waals surface area contributed by atoms with Crippen molar-refractivity contribution in [3.05, 3.63) is 120 Å². The number of benzene rings is 3. The van der Waals surface area contributed by atoms with Crippen LogP contribution >= 0.6 is 0 Å². The summed E-state index contributed by atoms with van der Waals surface area (Å²) in [6, 6.07) is 30.5.